The minimum atomic E-state index is 0.323. The van der Waals surface area contributed by atoms with E-state index in [2.05, 4.69) is 29.1 Å². The van der Waals surface area contributed by atoms with Crippen molar-refractivity contribution in [2.24, 2.45) is 5.92 Å². The molecule has 0 aliphatic rings. The van der Waals surface area contributed by atoms with Gasteiger partial charge in [-0.15, -0.1) is 0 Å². The zero-order valence-electron chi connectivity index (χ0n) is 11.7. The van der Waals surface area contributed by atoms with Gasteiger partial charge in [-0.05, 0) is 24.5 Å². The number of hydrogen-bond donors (Lipinski definition) is 2. The van der Waals surface area contributed by atoms with Crippen molar-refractivity contribution in [2.45, 2.75) is 33.1 Å². The Morgan fingerprint density at radius 2 is 1.95 bits per heavy atom. The van der Waals surface area contributed by atoms with Crippen LogP contribution in [-0.2, 0) is 0 Å². The number of hydrogen-bond acceptors (Lipinski definition) is 4. The van der Waals surface area contributed by atoms with Gasteiger partial charge in [0.1, 0.15) is 5.82 Å². The second kappa shape index (κ2) is 6.36. The first-order chi connectivity index (χ1) is 9.16. The van der Waals surface area contributed by atoms with Gasteiger partial charge in [-0.2, -0.15) is 4.98 Å². The molecule has 1 heterocycles. The van der Waals surface area contributed by atoms with Crippen LogP contribution in [0.25, 0.3) is 10.9 Å². The standard InChI is InChI=1S/C15H22N4/c1-11(2)7-5-6-10-17-14-12-8-3-4-9-13(12)18-15(16)19-14/h3-4,8-9,11H,5-7,10H2,1-2H3,(H3,16,17,18,19). The molecule has 0 saturated carbocycles. The molecule has 3 N–H and O–H groups in total. The molecule has 0 amide bonds. The molecular formula is C15H22N4. The van der Waals surface area contributed by atoms with Crippen LogP contribution in [0.4, 0.5) is 11.8 Å². The minimum absolute atomic E-state index is 0.323. The van der Waals surface area contributed by atoms with Gasteiger partial charge in [-0.25, -0.2) is 4.98 Å². The normalized spacial score (nSPS) is 11.1. The van der Waals surface area contributed by atoms with Gasteiger partial charge in [0.25, 0.3) is 0 Å². The lowest BCUT2D eigenvalue weighted by atomic mass is 10.1. The summed E-state index contributed by atoms with van der Waals surface area (Å²) in [6.07, 6.45) is 3.66. The Hall–Kier alpha value is -1.84. The van der Waals surface area contributed by atoms with Crippen molar-refractivity contribution in [1.29, 1.82) is 0 Å². The third-order valence-electron chi connectivity index (χ3n) is 3.12. The summed E-state index contributed by atoms with van der Waals surface area (Å²) in [6, 6.07) is 7.93. The molecule has 0 atom stereocenters. The number of nitrogens with two attached hydrogens (primary N) is 1. The SMILES string of the molecule is CC(C)CCCCNc1nc(N)nc2ccccc12. The van der Waals surface area contributed by atoms with E-state index in [0.717, 1.165) is 35.6 Å². The van der Waals surface area contributed by atoms with E-state index in [4.69, 9.17) is 5.73 Å². The Morgan fingerprint density at radius 1 is 1.16 bits per heavy atom. The fraction of sp³-hybridized carbons (Fsp3) is 0.467. The second-order valence-electron chi connectivity index (χ2n) is 5.26. The van der Waals surface area contributed by atoms with Crippen molar-refractivity contribution in [2.75, 3.05) is 17.6 Å². The van der Waals surface area contributed by atoms with Crippen molar-refractivity contribution in [3.8, 4) is 0 Å². The lowest BCUT2D eigenvalue weighted by molar-refractivity contribution is 0.544. The Morgan fingerprint density at radius 3 is 2.74 bits per heavy atom. The van der Waals surface area contributed by atoms with Gasteiger partial charge < -0.3 is 11.1 Å². The average Bonchev–Trinajstić information content (AvgIpc) is 2.37. The first-order valence-corrected chi connectivity index (χ1v) is 6.93. The van der Waals surface area contributed by atoms with Crippen LogP contribution in [0.3, 0.4) is 0 Å². The summed E-state index contributed by atoms with van der Waals surface area (Å²) in [4.78, 5) is 8.52. The molecule has 0 fully saturated rings. The van der Waals surface area contributed by atoms with E-state index in [0.29, 0.717) is 5.95 Å². The summed E-state index contributed by atoms with van der Waals surface area (Å²) in [7, 11) is 0. The van der Waals surface area contributed by atoms with Crippen LogP contribution in [-0.4, -0.2) is 16.5 Å². The highest BCUT2D eigenvalue weighted by atomic mass is 15.1. The van der Waals surface area contributed by atoms with Crippen molar-refractivity contribution < 1.29 is 0 Å². The van der Waals surface area contributed by atoms with E-state index in [1.54, 1.807) is 0 Å². The zero-order chi connectivity index (χ0) is 13.7. The van der Waals surface area contributed by atoms with Crippen LogP contribution in [0.5, 0.6) is 0 Å². The van der Waals surface area contributed by atoms with Gasteiger partial charge in [0.2, 0.25) is 5.95 Å². The van der Waals surface area contributed by atoms with Crippen molar-refractivity contribution >= 4 is 22.7 Å². The average molecular weight is 258 g/mol. The van der Waals surface area contributed by atoms with Crippen LogP contribution < -0.4 is 11.1 Å². The van der Waals surface area contributed by atoms with Crippen LogP contribution >= 0.6 is 0 Å². The van der Waals surface area contributed by atoms with Gasteiger partial charge in [0.05, 0.1) is 5.52 Å². The van der Waals surface area contributed by atoms with Crippen LogP contribution in [0.1, 0.15) is 33.1 Å². The molecule has 0 spiro atoms. The lowest BCUT2D eigenvalue weighted by Gasteiger charge is -2.09. The monoisotopic (exact) mass is 258 g/mol. The second-order valence-corrected chi connectivity index (χ2v) is 5.26. The third kappa shape index (κ3) is 3.81. The summed E-state index contributed by atoms with van der Waals surface area (Å²) >= 11 is 0. The predicted octanol–water partition coefficient (Wildman–Crippen LogP) is 3.45. The van der Waals surface area contributed by atoms with Crippen LogP contribution in [0.2, 0.25) is 0 Å². The van der Waals surface area contributed by atoms with E-state index < -0.39 is 0 Å². The first-order valence-electron chi connectivity index (χ1n) is 6.93. The van der Waals surface area contributed by atoms with E-state index in [1.807, 2.05) is 24.3 Å². The molecule has 0 unspecified atom stereocenters. The maximum absolute atomic E-state index is 5.73. The molecule has 19 heavy (non-hydrogen) atoms. The zero-order valence-corrected chi connectivity index (χ0v) is 11.7. The van der Waals surface area contributed by atoms with Crippen LogP contribution in [0, 0.1) is 5.92 Å². The Labute approximate surface area is 114 Å². The number of unbranched alkanes of at least 4 members (excludes halogenated alkanes) is 1. The number of para-hydroxylation sites is 1. The molecule has 2 rings (SSSR count). The smallest absolute Gasteiger partial charge is 0.222 e. The third-order valence-corrected chi connectivity index (χ3v) is 3.12. The summed E-state index contributed by atoms with van der Waals surface area (Å²) < 4.78 is 0. The molecular weight excluding hydrogens is 236 g/mol. The van der Waals surface area contributed by atoms with Crippen molar-refractivity contribution in [3.63, 3.8) is 0 Å². The lowest BCUT2D eigenvalue weighted by Crippen LogP contribution is -2.07. The number of rotatable bonds is 6. The van der Waals surface area contributed by atoms with E-state index in [-0.39, 0.29) is 0 Å². The number of anilines is 2. The number of aromatic nitrogens is 2. The van der Waals surface area contributed by atoms with Gasteiger partial charge in [0, 0.05) is 11.9 Å². The molecule has 4 heteroatoms. The van der Waals surface area contributed by atoms with Crippen molar-refractivity contribution in [3.05, 3.63) is 24.3 Å². The number of nitrogens with one attached hydrogen (secondary N) is 1. The number of nitrogen functional groups attached to an aromatic ring is 1. The number of nitrogens with zero attached hydrogens (tertiary/aromatic N) is 2. The maximum Gasteiger partial charge on any atom is 0.222 e. The van der Waals surface area contributed by atoms with Gasteiger partial charge in [-0.1, -0.05) is 38.8 Å². The molecule has 1 aromatic carbocycles. The van der Waals surface area contributed by atoms with Gasteiger partial charge in [-0.3, -0.25) is 0 Å². The highest BCUT2D eigenvalue weighted by Gasteiger charge is 2.04. The van der Waals surface area contributed by atoms with Gasteiger partial charge >= 0.3 is 0 Å². The van der Waals surface area contributed by atoms with E-state index >= 15 is 0 Å². The topological polar surface area (TPSA) is 63.8 Å². The Kier molecular flexibility index (Phi) is 4.55. The Balaban J connectivity index is 2.00. The van der Waals surface area contributed by atoms with E-state index in [9.17, 15) is 0 Å². The quantitative estimate of drug-likeness (QED) is 0.779. The van der Waals surface area contributed by atoms with Gasteiger partial charge in [0.15, 0.2) is 0 Å². The fourth-order valence-electron chi connectivity index (χ4n) is 2.11. The molecule has 0 saturated heterocycles. The molecule has 4 nitrogen and oxygen atoms in total. The minimum Gasteiger partial charge on any atom is -0.369 e. The summed E-state index contributed by atoms with van der Waals surface area (Å²) in [6.45, 7) is 5.44. The molecule has 0 aliphatic heterocycles. The highest BCUT2D eigenvalue weighted by molar-refractivity contribution is 5.89. The first kappa shape index (κ1) is 13.6. The Bertz CT molecular complexity index is 537. The predicted molar refractivity (Wildman–Crippen MR) is 81.1 cm³/mol. The van der Waals surface area contributed by atoms with E-state index in [1.165, 1.54) is 12.8 Å². The molecule has 102 valence electrons. The summed E-state index contributed by atoms with van der Waals surface area (Å²) in [5.74, 6) is 1.94. The number of fused-ring (bicyclic) bond motifs is 1. The fourth-order valence-corrected chi connectivity index (χ4v) is 2.11. The number of benzene rings is 1. The molecule has 1 aromatic heterocycles. The molecule has 0 bridgehead atoms. The summed E-state index contributed by atoms with van der Waals surface area (Å²) in [5.41, 5.74) is 6.62. The summed E-state index contributed by atoms with van der Waals surface area (Å²) in [5, 5.41) is 4.40. The molecule has 0 aliphatic carbocycles. The van der Waals surface area contributed by atoms with Crippen LogP contribution in [0.15, 0.2) is 24.3 Å². The maximum atomic E-state index is 5.73. The highest BCUT2D eigenvalue weighted by Crippen LogP contribution is 2.20. The largest absolute Gasteiger partial charge is 0.369 e. The molecule has 0 radical (unpaired) electrons. The molecule has 2 aromatic rings. The van der Waals surface area contributed by atoms with Crippen molar-refractivity contribution in [1.82, 2.24) is 9.97 Å².